The molecule has 1 saturated heterocycles. The second kappa shape index (κ2) is 3.40. The van der Waals surface area contributed by atoms with Crippen molar-refractivity contribution in [2.45, 2.75) is 19.3 Å². The van der Waals surface area contributed by atoms with E-state index in [0.29, 0.717) is 12.3 Å². The predicted octanol–water partition coefficient (Wildman–Crippen LogP) is 1.19. The monoisotopic (exact) mass is 164 g/mol. The largest absolute Gasteiger partial charge is 0.296 e. The first kappa shape index (κ1) is 7.99. The zero-order valence-electron chi connectivity index (χ0n) is 7.25. The van der Waals surface area contributed by atoms with E-state index in [1.54, 1.807) is 0 Å². The number of ketones is 1. The molecule has 0 unspecified atom stereocenters. The molecule has 2 aliphatic rings. The van der Waals surface area contributed by atoms with Crippen LogP contribution >= 0.6 is 0 Å². The van der Waals surface area contributed by atoms with Crippen LogP contribution in [0.25, 0.3) is 0 Å². The number of likely N-dealkylation sites (tertiary alicyclic amines) is 1. The molecule has 2 rings (SSSR count). The minimum atomic E-state index is 0.303. The van der Waals surface area contributed by atoms with Gasteiger partial charge in [-0.15, -0.1) is 0 Å². The van der Waals surface area contributed by atoms with Crippen molar-refractivity contribution in [1.29, 1.82) is 0 Å². The quantitative estimate of drug-likeness (QED) is 0.624. The van der Waals surface area contributed by atoms with Gasteiger partial charge in [-0.3, -0.25) is 9.69 Å². The summed E-state index contributed by atoms with van der Waals surface area (Å²) in [6.07, 6.45) is 7.64. The van der Waals surface area contributed by atoms with Crippen molar-refractivity contribution in [2.24, 2.45) is 0 Å². The maximum Gasteiger partial charge on any atom is 0.173 e. The standard InChI is InChI=1S/C10H14NO/c12-10(9-4-5-9)8-11-6-2-1-3-7-11/h4-5H,1-3,6-8H2. The van der Waals surface area contributed by atoms with E-state index in [2.05, 4.69) is 4.90 Å². The molecule has 0 saturated carbocycles. The van der Waals surface area contributed by atoms with Crippen molar-refractivity contribution in [3.05, 3.63) is 18.1 Å². The Kier molecular flexibility index (Phi) is 2.26. The topological polar surface area (TPSA) is 20.3 Å². The van der Waals surface area contributed by atoms with Crippen LogP contribution in [0.4, 0.5) is 0 Å². The smallest absolute Gasteiger partial charge is 0.173 e. The van der Waals surface area contributed by atoms with Crippen molar-refractivity contribution in [3.63, 3.8) is 0 Å². The summed E-state index contributed by atoms with van der Waals surface area (Å²) in [4.78, 5) is 13.6. The first-order chi connectivity index (χ1) is 5.86. The summed E-state index contributed by atoms with van der Waals surface area (Å²) in [5.41, 5.74) is 0.931. The first-order valence-electron chi connectivity index (χ1n) is 4.67. The number of piperidine rings is 1. The van der Waals surface area contributed by atoms with Crippen molar-refractivity contribution in [1.82, 2.24) is 4.90 Å². The lowest BCUT2D eigenvalue weighted by Gasteiger charge is -2.25. The van der Waals surface area contributed by atoms with Crippen LogP contribution < -0.4 is 0 Å². The maximum atomic E-state index is 11.3. The number of carbonyl (C=O) groups excluding carboxylic acids is 1. The molecule has 2 heteroatoms. The van der Waals surface area contributed by atoms with Crippen molar-refractivity contribution in [3.8, 4) is 0 Å². The lowest BCUT2D eigenvalue weighted by Crippen LogP contribution is -2.34. The van der Waals surface area contributed by atoms with Gasteiger partial charge >= 0.3 is 0 Å². The fourth-order valence-corrected chi connectivity index (χ4v) is 1.64. The molecular formula is C10H14NO. The van der Waals surface area contributed by atoms with Crippen molar-refractivity contribution < 1.29 is 4.79 Å². The summed E-state index contributed by atoms with van der Waals surface area (Å²) in [5, 5.41) is 0. The number of nitrogens with zero attached hydrogens (tertiary/aromatic N) is 1. The molecule has 0 atom stereocenters. The van der Waals surface area contributed by atoms with Gasteiger partial charge in [0.25, 0.3) is 0 Å². The normalized spacial score (nSPS) is 23.5. The van der Waals surface area contributed by atoms with Gasteiger partial charge in [-0.05, 0) is 25.9 Å². The van der Waals surface area contributed by atoms with Crippen LogP contribution in [0.2, 0.25) is 0 Å². The van der Waals surface area contributed by atoms with Gasteiger partial charge in [0.2, 0.25) is 0 Å². The van der Waals surface area contributed by atoms with Gasteiger partial charge in [-0.1, -0.05) is 12.5 Å². The number of hydrogen-bond acceptors (Lipinski definition) is 2. The van der Waals surface area contributed by atoms with Crippen LogP contribution in [-0.2, 0) is 4.79 Å². The highest BCUT2D eigenvalue weighted by atomic mass is 16.1. The van der Waals surface area contributed by atoms with Gasteiger partial charge in [0.1, 0.15) is 0 Å². The Morgan fingerprint density at radius 2 is 2.00 bits per heavy atom. The Balaban J connectivity index is 1.76. The van der Waals surface area contributed by atoms with Gasteiger partial charge in [-0.2, -0.15) is 0 Å². The minimum Gasteiger partial charge on any atom is -0.296 e. The summed E-state index contributed by atoms with van der Waals surface area (Å²) in [6.45, 7) is 2.86. The molecule has 1 radical (unpaired) electrons. The molecule has 0 aromatic carbocycles. The van der Waals surface area contributed by atoms with Crippen molar-refractivity contribution in [2.75, 3.05) is 19.6 Å². The molecule has 0 aromatic heterocycles. The molecule has 65 valence electrons. The van der Waals surface area contributed by atoms with Gasteiger partial charge in [0, 0.05) is 12.0 Å². The van der Waals surface area contributed by atoms with Crippen LogP contribution in [0.1, 0.15) is 19.3 Å². The minimum absolute atomic E-state index is 0.303. The molecule has 1 heterocycles. The van der Waals surface area contributed by atoms with E-state index in [0.717, 1.165) is 18.7 Å². The summed E-state index contributed by atoms with van der Waals surface area (Å²) >= 11 is 0. The SMILES string of the molecule is O=C(CN1CCCCC1)C1=C[CH]1. The van der Waals surface area contributed by atoms with E-state index in [4.69, 9.17) is 0 Å². The van der Waals surface area contributed by atoms with E-state index < -0.39 is 0 Å². The molecule has 0 spiro atoms. The fraction of sp³-hybridized carbons (Fsp3) is 0.600. The third kappa shape index (κ3) is 1.95. The van der Waals surface area contributed by atoms with Gasteiger partial charge in [0.05, 0.1) is 6.54 Å². The predicted molar refractivity (Wildman–Crippen MR) is 47.7 cm³/mol. The Labute approximate surface area is 73.2 Å². The number of hydrogen-bond donors (Lipinski definition) is 0. The molecule has 0 N–H and O–H groups in total. The van der Waals surface area contributed by atoms with Crippen LogP contribution in [0.3, 0.4) is 0 Å². The van der Waals surface area contributed by atoms with E-state index in [-0.39, 0.29) is 0 Å². The number of rotatable bonds is 3. The molecule has 0 aromatic rings. The lowest BCUT2D eigenvalue weighted by atomic mass is 10.1. The molecule has 0 amide bonds. The van der Waals surface area contributed by atoms with Crippen LogP contribution in [0.5, 0.6) is 0 Å². The molecule has 1 aliphatic carbocycles. The van der Waals surface area contributed by atoms with Crippen molar-refractivity contribution >= 4 is 5.78 Å². The highest BCUT2D eigenvalue weighted by Crippen LogP contribution is 2.18. The summed E-state index contributed by atoms with van der Waals surface area (Å²) in [6, 6.07) is 0. The molecule has 0 bridgehead atoms. The second-order valence-electron chi connectivity index (χ2n) is 3.55. The number of allylic oxidation sites excluding steroid dienone is 1. The van der Waals surface area contributed by atoms with E-state index in [1.165, 1.54) is 19.3 Å². The third-order valence-corrected chi connectivity index (χ3v) is 2.47. The van der Waals surface area contributed by atoms with E-state index >= 15 is 0 Å². The average molecular weight is 164 g/mol. The Morgan fingerprint density at radius 3 is 2.58 bits per heavy atom. The number of carbonyl (C=O) groups is 1. The van der Waals surface area contributed by atoms with Gasteiger partial charge < -0.3 is 0 Å². The molecule has 1 fully saturated rings. The zero-order valence-corrected chi connectivity index (χ0v) is 7.25. The van der Waals surface area contributed by atoms with E-state index in [9.17, 15) is 4.79 Å². The number of Topliss-reactive ketones (excluding diaryl/α,β-unsaturated/α-hetero) is 1. The highest BCUT2D eigenvalue weighted by molar-refractivity contribution is 6.04. The highest BCUT2D eigenvalue weighted by Gasteiger charge is 2.20. The van der Waals surface area contributed by atoms with Gasteiger partial charge in [0.15, 0.2) is 5.78 Å². The van der Waals surface area contributed by atoms with E-state index in [1.807, 2.05) is 12.5 Å². The van der Waals surface area contributed by atoms with Crippen LogP contribution in [0, 0.1) is 6.42 Å². The molecular weight excluding hydrogens is 150 g/mol. The third-order valence-electron chi connectivity index (χ3n) is 2.47. The Hall–Kier alpha value is -0.630. The summed E-state index contributed by atoms with van der Waals surface area (Å²) in [7, 11) is 0. The average Bonchev–Trinajstić information content (AvgIpc) is 2.88. The first-order valence-corrected chi connectivity index (χ1v) is 4.67. The molecule has 2 nitrogen and oxygen atoms in total. The Morgan fingerprint density at radius 1 is 1.33 bits per heavy atom. The lowest BCUT2D eigenvalue weighted by molar-refractivity contribution is -0.116. The fourth-order valence-electron chi connectivity index (χ4n) is 1.64. The van der Waals surface area contributed by atoms with Crippen LogP contribution in [0.15, 0.2) is 11.6 Å². The summed E-state index contributed by atoms with van der Waals surface area (Å²) < 4.78 is 0. The summed E-state index contributed by atoms with van der Waals surface area (Å²) in [5.74, 6) is 0.303. The van der Waals surface area contributed by atoms with Gasteiger partial charge in [-0.25, -0.2) is 0 Å². The molecule has 1 aliphatic heterocycles. The zero-order chi connectivity index (χ0) is 8.39. The Bertz CT molecular complexity index is 214. The maximum absolute atomic E-state index is 11.3. The second-order valence-corrected chi connectivity index (χ2v) is 3.55. The van der Waals surface area contributed by atoms with Crippen LogP contribution in [-0.4, -0.2) is 30.3 Å². The molecule has 12 heavy (non-hydrogen) atoms.